The second-order valence-corrected chi connectivity index (χ2v) is 7.18. The van der Waals surface area contributed by atoms with E-state index in [2.05, 4.69) is 30.5 Å². The van der Waals surface area contributed by atoms with E-state index in [1.807, 2.05) is 12.4 Å². The number of nitrogens with one attached hydrogen (secondary N) is 1. The van der Waals surface area contributed by atoms with Crippen molar-refractivity contribution in [2.24, 2.45) is 4.99 Å². The van der Waals surface area contributed by atoms with Crippen molar-refractivity contribution < 1.29 is 27.5 Å². The predicted molar refractivity (Wildman–Crippen MR) is 98.9 cm³/mol. The van der Waals surface area contributed by atoms with Crippen molar-refractivity contribution in [1.82, 2.24) is 20.2 Å². The summed E-state index contributed by atoms with van der Waals surface area (Å²) >= 11 is 0. The van der Waals surface area contributed by atoms with Gasteiger partial charge in [0, 0.05) is 37.1 Å². The number of pyridine rings is 1. The zero-order valence-electron chi connectivity index (χ0n) is 16.2. The summed E-state index contributed by atoms with van der Waals surface area (Å²) in [5.41, 5.74) is -0.127. The molecule has 12 heteroatoms. The Kier molecular flexibility index (Phi) is 5.78. The minimum Gasteiger partial charge on any atom is -0.846 e. The summed E-state index contributed by atoms with van der Waals surface area (Å²) in [4.78, 5) is 15.1. The maximum atomic E-state index is 12.7. The van der Waals surface area contributed by atoms with E-state index < -0.39 is 17.9 Å². The second-order valence-electron chi connectivity index (χ2n) is 7.18. The van der Waals surface area contributed by atoms with Gasteiger partial charge in [0.05, 0.1) is 6.02 Å². The van der Waals surface area contributed by atoms with Gasteiger partial charge in [-0.15, -0.1) is 0 Å². The Balaban J connectivity index is 1.43. The maximum Gasteiger partial charge on any atom is 0.433 e. The highest BCUT2D eigenvalue weighted by atomic mass is 19.4. The topological polar surface area (TPSA) is 116 Å². The number of anilines is 1. The quantitative estimate of drug-likeness (QED) is 0.382. The first-order valence-electron chi connectivity index (χ1n) is 9.57. The highest BCUT2D eigenvalue weighted by Crippen LogP contribution is 2.35. The van der Waals surface area contributed by atoms with Crippen LogP contribution in [0, 0.1) is 0 Å². The number of nitrogens with zero attached hydrogens (tertiary/aromatic N) is 6. The van der Waals surface area contributed by atoms with Gasteiger partial charge in [0.15, 0.2) is 6.04 Å². The smallest absolute Gasteiger partial charge is 0.433 e. The molecule has 9 nitrogen and oxygen atoms in total. The average molecular weight is 433 g/mol. The number of halogens is 3. The lowest BCUT2D eigenvalue weighted by Crippen LogP contribution is -2.42. The Morgan fingerprint density at radius 2 is 2.06 bits per heavy atom. The van der Waals surface area contributed by atoms with Gasteiger partial charge < -0.3 is 10.4 Å². The molecule has 1 aliphatic carbocycles. The third-order valence-corrected chi connectivity index (χ3v) is 5.06. The van der Waals surface area contributed by atoms with Crippen LogP contribution in [0.2, 0.25) is 0 Å². The van der Waals surface area contributed by atoms with Gasteiger partial charge in [-0.25, -0.2) is 15.0 Å². The Hall–Kier alpha value is -3.57. The molecule has 3 heterocycles. The highest BCUT2D eigenvalue weighted by molar-refractivity contribution is 5.86. The molecule has 0 unspecified atom stereocenters. The Bertz CT molecular complexity index is 1060. The molecule has 31 heavy (non-hydrogen) atoms. The fourth-order valence-corrected chi connectivity index (χ4v) is 3.61. The molecule has 3 aromatic rings. The van der Waals surface area contributed by atoms with Crippen molar-refractivity contribution in [3.05, 3.63) is 54.5 Å². The molecule has 0 radical (unpaired) electrons. The van der Waals surface area contributed by atoms with Crippen molar-refractivity contribution in [2.45, 2.75) is 43.8 Å². The first kappa shape index (κ1) is 20.7. The van der Waals surface area contributed by atoms with Crippen LogP contribution in [0.1, 0.15) is 48.9 Å². The lowest BCUT2D eigenvalue weighted by atomic mass is 9.82. The largest absolute Gasteiger partial charge is 0.846 e. The van der Waals surface area contributed by atoms with Gasteiger partial charge in [0.2, 0.25) is 5.27 Å². The molecule has 1 saturated carbocycles. The van der Waals surface area contributed by atoms with Crippen LogP contribution >= 0.6 is 0 Å². The number of hydrogen-bond acceptors (Lipinski definition) is 7. The van der Waals surface area contributed by atoms with Crippen LogP contribution in [0.15, 0.2) is 52.8 Å². The minimum absolute atomic E-state index is 0.0484. The Labute approximate surface area is 174 Å². The van der Waals surface area contributed by atoms with E-state index in [4.69, 9.17) is 4.52 Å². The molecule has 1 aliphatic rings. The molecule has 1 fully saturated rings. The molecule has 1 N–H and O–H groups in total. The molecule has 2 atom stereocenters. The molecule has 0 saturated heterocycles. The molecule has 3 aromatic heterocycles. The summed E-state index contributed by atoms with van der Waals surface area (Å²) in [5, 5.41) is 18.3. The maximum absolute atomic E-state index is 12.7. The molecular formula is C19H18F3N7O2. The van der Waals surface area contributed by atoms with Gasteiger partial charge in [-0.3, -0.25) is 9.51 Å². The standard InChI is InChI=1S/C19H18F3N7O2/c20-19(21,22)16-7-14(4-5-25-16)26-18(30)27-17-10-29(28-31-17)15-3-1-2-12(6-15)13-8-23-11-24-9-13/h4-5,7-12,15H,1-3,6H2,(H-,25,26,27,28,30)/t12-,15+/m0/s1. The summed E-state index contributed by atoms with van der Waals surface area (Å²) in [6.45, 7) is 0. The van der Waals surface area contributed by atoms with Gasteiger partial charge in [0.1, 0.15) is 12.0 Å². The third-order valence-electron chi connectivity index (χ3n) is 5.06. The fraction of sp³-hybridized carbons (Fsp3) is 0.368. The number of aliphatic imine (C=N–C) groups is 1. The van der Waals surface area contributed by atoms with E-state index in [0.717, 1.165) is 43.5 Å². The predicted octanol–water partition coefficient (Wildman–Crippen LogP) is 2.52. The number of rotatable bonds is 4. The SMILES string of the molecule is [O-]/C(=N\c1c[n+]([C@@H]2CCC[C@H](c3cncnc3)C2)no1)Nc1ccnc(C(F)(F)F)c1. The fourth-order valence-electron chi connectivity index (χ4n) is 3.61. The van der Waals surface area contributed by atoms with E-state index in [-0.39, 0.29) is 17.6 Å². The molecule has 162 valence electrons. The van der Waals surface area contributed by atoms with Crippen LogP contribution in [0.4, 0.5) is 24.7 Å². The normalized spacial score (nSPS) is 19.9. The van der Waals surface area contributed by atoms with E-state index in [9.17, 15) is 18.3 Å². The van der Waals surface area contributed by atoms with Crippen LogP contribution in [-0.2, 0) is 6.18 Å². The van der Waals surface area contributed by atoms with Gasteiger partial charge >= 0.3 is 12.1 Å². The van der Waals surface area contributed by atoms with E-state index >= 15 is 0 Å². The summed E-state index contributed by atoms with van der Waals surface area (Å²) < 4.78 is 44.9. The number of alkyl halides is 3. The van der Waals surface area contributed by atoms with E-state index in [0.29, 0.717) is 5.92 Å². The van der Waals surface area contributed by atoms with Gasteiger partial charge in [0.25, 0.3) is 6.20 Å². The zero-order valence-corrected chi connectivity index (χ0v) is 16.2. The lowest BCUT2D eigenvalue weighted by molar-refractivity contribution is -0.787. The van der Waals surface area contributed by atoms with Crippen LogP contribution in [0.5, 0.6) is 0 Å². The van der Waals surface area contributed by atoms with E-state index in [1.54, 1.807) is 4.68 Å². The zero-order chi connectivity index (χ0) is 21.8. The van der Waals surface area contributed by atoms with Crippen molar-refractivity contribution in [3.8, 4) is 0 Å². The van der Waals surface area contributed by atoms with Crippen LogP contribution in [-0.4, -0.2) is 26.2 Å². The van der Waals surface area contributed by atoms with Crippen LogP contribution < -0.4 is 15.1 Å². The van der Waals surface area contributed by atoms with Gasteiger partial charge in [-0.1, -0.05) is 0 Å². The highest BCUT2D eigenvalue weighted by Gasteiger charge is 2.33. The second kappa shape index (κ2) is 8.66. The van der Waals surface area contributed by atoms with Gasteiger partial charge in [-0.05, 0) is 41.1 Å². The number of aromatic nitrogens is 5. The van der Waals surface area contributed by atoms with Crippen molar-refractivity contribution in [2.75, 3.05) is 5.32 Å². The molecule has 4 rings (SSSR count). The summed E-state index contributed by atoms with van der Waals surface area (Å²) in [6.07, 6.45) is 6.67. The summed E-state index contributed by atoms with van der Waals surface area (Å²) in [7, 11) is 0. The number of hydrogen-bond donors (Lipinski definition) is 1. The number of amidine groups is 1. The first-order valence-corrected chi connectivity index (χ1v) is 9.57. The summed E-state index contributed by atoms with van der Waals surface area (Å²) in [6, 6.07) is 1.14. The monoisotopic (exact) mass is 433 g/mol. The summed E-state index contributed by atoms with van der Waals surface area (Å²) in [5.74, 6) is 0.245. The molecule has 0 aliphatic heterocycles. The Morgan fingerprint density at radius 1 is 1.26 bits per heavy atom. The van der Waals surface area contributed by atoms with Crippen LogP contribution in [0.3, 0.4) is 0 Å². The van der Waals surface area contributed by atoms with Gasteiger partial charge in [-0.2, -0.15) is 13.2 Å². The molecule has 0 amide bonds. The Morgan fingerprint density at radius 3 is 2.84 bits per heavy atom. The van der Waals surface area contributed by atoms with Crippen molar-refractivity contribution in [3.63, 3.8) is 0 Å². The van der Waals surface area contributed by atoms with Crippen molar-refractivity contribution >= 4 is 17.6 Å². The molecule has 0 bridgehead atoms. The van der Waals surface area contributed by atoms with E-state index in [1.165, 1.54) is 18.6 Å². The molecular weight excluding hydrogens is 415 g/mol. The molecule has 0 spiro atoms. The average Bonchev–Trinajstić information content (AvgIpc) is 3.22. The minimum atomic E-state index is -4.61. The van der Waals surface area contributed by atoms with Crippen LogP contribution in [0.25, 0.3) is 0 Å². The van der Waals surface area contributed by atoms with Crippen molar-refractivity contribution in [1.29, 1.82) is 0 Å². The lowest BCUT2D eigenvalue weighted by Gasteiger charge is -2.23. The molecule has 0 aromatic carbocycles. The third kappa shape index (κ3) is 5.13. The first-order chi connectivity index (χ1) is 14.9.